The Kier molecular flexibility index (Phi) is 6.09. The fourth-order valence-electron chi connectivity index (χ4n) is 3.80. The molecule has 2 aliphatic rings. The van der Waals surface area contributed by atoms with Crippen molar-refractivity contribution in [3.63, 3.8) is 0 Å². The molecule has 8 heteroatoms. The molecule has 0 radical (unpaired) electrons. The van der Waals surface area contributed by atoms with Crippen molar-refractivity contribution in [2.24, 2.45) is 5.41 Å². The Balaban J connectivity index is 1.28. The monoisotopic (exact) mass is 487 g/mol. The van der Waals surface area contributed by atoms with E-state index in [4.69, 9.17) is 9.47 Å². The number of aryl methyl sites for hydroxylation is 1. The summed E-state index contributed by atoms with van der Waals surface area (Å²) in [5.74, 6) is 1.44. The lowest BCUT2D eigenvalue weighted by Crippen LogP contribution is -2.49. The lowest BCUT2D eigenvalue weighted by atomic mass is 9.79. The SMILES string of the molecule is Cc1cc(NC(=O)N2CCC(C)(C(=O)NCc3ccc4c(c3)OCO4)CC2)ccc1Br. The van der Waals surface area contributed by atoms with Gasteiger partial charge in [0.2, 0.25) is 12.7 Å². The molecule has 0 spiro atoms. The van der Waals surface area contributed by atoms with Crippen molar-refractivity contribution < 1.29 is 19.1 Å². The van der Waals surface area contributed by atoms with Gasteiger partial charge in [0.25, 0.3) is 0 Å². The van der Waals surface area contributed by atoms with Gasteiger partial charge in [-0.25, -0.2) is 4.79 Å². The number of nitrogens with zero attached hydrogens (tertiary/aromatic N) is 1. The first-order chi connectivity index (χ1) is 14.8. The Hall–Kier alpha value is -2.74. The molecule has 2 heterocycles. The number of ether oxygens (including phenoxy) is 2. The van der Waals surface area contributed by atoms with Gasteiger partial charge in [0.1, 0.15) is 0 Å². The number of hydrogen-bond acceptors (Lipinski definition) is 4. The third kappa shape index (κ3) is 4.79. The van der Waals surface area contributed by atoms with E-state index in [-0.39, 0.29) is 18.7 Å². The molecule has 3 amide bonds. The van der Waals surface area contributed by atoms with E-state index in [0.29, 0.717) is 38.2 Å². The molecule has 31 heavy (non-hydrogen) atoms. The number of anilines is 1. The van der Waals surface area contributed by atoms with Gasteiger partial charge in [0, 0.05) is 35.2 Å². The van der Waals surface area contributed by atoms with Crippen molar-refractivity contribution >= 4 is 33.6 Å². The van der Waals surface area contributed by atoms with Crippen molar-refractivity contribution in [2.75, 3.05) is 25.2 Å². The van der Waals surface area contributed by atoms with Crippen LogP contribution in [0.1, 0.15) is 30.9 Å². The van der Waals surface area contributed by atoms with Crippen LogP contribution in [-0.4, -0.2) is 36.7 Å². The van der Waals surface area contributed by atoms with Crippen LogP contribution >= 0.6 is 15.9 Å². The molecule has 2 aromatic rings. The summed E-state index contributed by atoms with van der Waals surface area (Å²) in [4.78, 5) is 27.3. The zero-order valence-electron chi connectivity index (χ0n) is 17.7. The fraction of sp³-hybridized carbons (Fsp3) is 0.391. The van der Waals surface area contributed by atoms with Crippen LogP contribution in [-0.2, 0) is 11.3 Å². The number of carbonyl (C=O) groups is 2. The number of piperidine rings is 1. The van der Waals surface area contributed by atoms with Gasteiger partial charge in [-0.2, -0.15) is 0 Å². The highest BCUT2D eigenvalue weighted by atomic mass is 79.9. The predicted molar refractivity (Wildman–Crippen MR) is 121 cm³/mol. The lowest BCUT2D eigenvalue weighted by molar-refractivity contribution is -0.132. The van der Waals surface area contributed by atoms with Crippen LogP contribution in [0.2, 0.25) is 0 Å². The summed E-state index contributed by atoms with van der Waals surface area (Å²) in [5.41, 5.74) is 2.29. The van der Waals surface area contributed by atoms with E-state index in [1.807, 2.05) is 50.2 Å². The van der Waals surface area contributed by atoms with E-state index in [1.165, 1.54) is 0 Å². The standard InChI is InChI=1S/C23H26BrN3O4/c1-15-11-17(4-5-18(15)24)26-22(29)27-9-7-23(2,8-10-27)21(28)25-13-16-3-6-19-20(12-16)31-14-30-19/h3-6,11-12H,7-10,13-14H2,1-2H3,(H,25,28)(H,26,29). The van der Waals surface area contributed by atoms with Crippen LogP contribution in [0, 0.1) is 12.3 Å². The number of halogens is 1. The van der Waals surface area contributed by atoms with Crippen LogP contribution < -0.4 is 20.1 Å². The van der Waals surface area contributed by atoms with Crippen LogP contribution in [0.5, 0.6) is 11.5 Å². The Morgan fingerprint density at radius 2 is 1.84 bits per heavy atom. The molecule has 0 aromatic heterocycles. The molecule has 0 saturated carbocycles. The molecule has 2 N–H and O–H groups in total. The van der Waals surface area contributed by atoms with Gasteiger partial charge in [-0.3, -0.25) is 4.79 Å². The van der Waals surface area contributed by atoms with Crippen LogP contribution in [0.15, 0.2) is 40.9 Å². The smallest absolute Gasteiger partial charge is 0.321 e. The number of hydrogen-bond donors (Lipinski definition) is 2. The number of likely N-dealkylation sites (tertiary alicyclic amines) is 1. The molecule has 0 aliphatic carbocycles. The number of benzene rings is 2. The molecular formula is C23H26BrN3O4. The number of carbonyl (C=O) groups excluding carboxylic acids is 2. The second-order valence-corrected chi connectivity index (χ2v) is 9.17. The molecule has 0 unspecified atom stereocenters. The zero-order chi connectivity index (χ0) is 22.0. The van der Waals surface area contributed by atoms with Crippen LogP contribution in [0.3, 0.4) is 0 Å². The minimum atomic E-state index is -0.499. The maximum absolute atomic E-state index is 12.9. The normalized spacial score (nSPS) is 16.7. The van der Waals surface area contributed by atoms with Gasteiger partial charge in [-0.15, -0.1) is 0 Å². The summed E-state index contributed by atoms with van der Waals surface area (Å²) < 4.78 is 11.7. The first kappa shape index (κ1) is 21.5. The first-order valence-electron chi connectivity index (χ1n) is 10.3. The highest BCUT2D eigenvalue weighted by molar-refractivity contribution is 9.10. The van der Waals surface area contributed by atoms with Gasteiger partial charge in [0.15, 0.2) is 11.5 Å². The van der Waals surface area contributed by atoms with Crippen molar-refractivity contribution in [3.05, 3.63) is 52.0 Å². The second-order valence-electron chi connectivity index (χ2n) is 8.31. The summed E-state index contributed by atoms with van der Waals surface area (Å²) >= 11 is 3.47. The Bertz CT molecular complexity index is 1000. The van der Waals surface area contributed by atoms with Crippen LogP contribution in [0.25, 0.3) is 0 Å². The predicted octanol–water partition coefficient (Wildman–Crippen LogP) is 4.44. The molecule has 2 aromatic carbocycles. The maximum Gasteiger partial charge on any atom is 0.321 e. The van der Waals surface area contributed by atoms with Crippen molar-refractivity contribution in [3.8, 4) is 11.5 Å². The average Bonchev–Trinajstić information content (AvgIpc) is 3.23. The molecule has 0 atom stereocenters. The highest BCUT2D eigenvalue weighted by Gasteiger charge is 2.38. The lowest BCUT2D eigenvalue weighted by Gasteiger charge is -2.38. The fourth-order valence-corrected chi connectivity index (χ4v) is 4.05. The Morgan fingerprint density at radius 3 is 2.58 bits per heavy atom. The van der Waals surface area contributed by atoms with Crippen molar-refractivity contribution in [1.29, 1.82) is 0 Å². The minimum absolute atomic E-state index is 0.00811. The average molecular weight is 488 g/mol. The molecule has 1 saturated heterocycles. The van der Waals surface area contributed by atoms with Crippen molar-refractivity contribution in [1.82, 2.24) is 10.2 Å². The summed E-state index contributed by atoms with van der Waals surface area (Å²) in [5, 5.41) is 5.98. The molecule has 7 nitrogen and oxygen atoms in total. The van der Waals surface area contributed by atoms with E-state index in [0.717, 1.165) is 27.0 Å². The van der Waals surface area contributed by atoms with E-state index < -0.39 is 5.41 Å². The molecule has 164 valence electrons. The molecule has 4 rings (SSSR count). The molecule has 1 fully saturated rings. The molecular weight excluding hydrogens is 462 g/mol. The van der Waals surface area contributed by atoms with Gasteiger partial charge >= 0.3 is 6.03 Å². The van der Waals surface area contributed by atoms with E-state index >= 15 is 0 Å². The number of amides is 3. The second kappa shape index (κ2) is 8.78. The van der Waals surface area contributed by atoms with E-state index in [1.54, 1.807) is 4.90 Å². The number of urea groups is 1. The van der Waals surface area contributed by atoms with Gasteiger partial charge < -0.3 is 25.0 Å². The third-order valence-corrected chi connectivity index (χ3v) is 6.89. The minimum Gasteiger partial charge on any atom is -0.454 e. The summed E-state index contributed by atoms with van der Waals surface area (Å²) in [6.07, 6.45) is 1.24. The zero-order valence-corrected chi connectivity index (χ0v) is 19.3. The Morgan fingerprint density at radius 1 is 1.10 bits per heavy atom. The number of fused-ring (bicyclic) bond motifs is 1. The van der Waals surface area contributed by atoms with E-state index in [2.05, 4.69) is 26.6 Å². The summed E-state index contributed by atoms with van der Waals surface area (Å²) in [7, 11) is 0. The number of nitrogens with one attached hydrogen (secondary N) is 2. The van der Waals surface area contributed by atoms with Gasteiger partial charge in [-0.05, 0) is 61.2 Å². The maximum atomic E-state index is 12.9. The molecule has 0 bridgehead atoms. The van der Waals surface area contributed by atoms with Gasteiger partial charge in [-0.1, -0.05) is 28.9 Å². The highest BCUT2D eigenvalue weighted by Crippen LogP contribution is 2.34. The van der Waals surface area contributed by atoms with Gasteiger partial charge in [0.05, 0.1) is 0 Å². The largest absolute Gasteiger partial charge is 0.454 e. The first-order valence-corrected chi connectivity index (χ1v) is 11.1. The van der Waals surface area contributed by atoms with Crippen molar-refractivity contribution in [2.45, 2.75) is 33.2 Å². The Labute approximate surface area is 190 Å². The van der Waals surface area contributed by atoms with Crippen LogP contribution in [0.4, 0.5) is 10.5 Å². The summed E-state index contributed by atoms with van der Waals surface area (Å²) in [6, 6.07) is 11.3. The quantitative estimate of drug-likeness (QED) is 0.667. The van der Waals surface area contributed by atoms with E-state index in [9.17, 15) is 9.59 Å². The molecule has 2 aliphatic heterocycles. The third-order valence-electron chi connectivity index (χ3n) is 6.00. The number of rotatable bonds is 4. The summed E-state index contributed by atoms with van der Waals surface area (Å²) in [6.45, 7) is 5.68. The topological polar surface area (TPSA) is 79.9 Å².